The summed E-state index contributed by atoms with van der Waals surface area (Å²) in [4.78, 5) is 2.38. The Bertz CT molecular complexity index is 213. The molecule has 0 aromatic rings. The minimum absolute atomic E-state index is 0.575. The van der Waals surface area contributed by atoms with Crippen LogP contribution in [-0.2, 0) is 4.74 Å². The van der Waals surface area contributed by atoms with Gasteiger partial charge in [-0.15, -0.1) is 0 Å². The van der Waals surface area contributed by atoms with E-state index < -0.39 is 0 Å². The molecule has 0 aromatic heterocycles. The Morgan fingerprint density at radius 2 is 1.40 bits per heavy atom. The Morgan fingerprint density at radius 1 is 0.900 bits per heavy atom. The van der Waals surface area contributed by atoms with Crippen molar-refractivity contribution in [2.75, 3.05) is 20.7 Å². The highest BCUT2D eigenvalue weighted by Gasteiger charge is 2.27. The van der Waals surface area contributed by atoms with Gasteiger partial charge in [0.2, 0.25) is 0 Å². The molecule has 1 aliphatic heterocycles. The summed E-state index contributed by atoms with van der Waals surface area (Å²) in [5, 5.41) is 0. The molecule has 0 N–H and O–H groups in total. The SMILES string of the molecule is CCCCCCCCCCCCC(CC1CO1)N(C)C. The molecular weight excluding hydrogens is 246 g/mol. The molecule has 0 aromatic carbocycles. The molecule has 1 rings (SSSR count). The molecule has 1 aliphatic rings. The van der Waals surface area contributed by atoms with Gasteiger partial charge in [-0.1, -0.05) is 71.1 Å². The van der Waals surface area contributed by atoms with Crippen molar-refractivity contribution >= 4 is 0 Å². The van der Waals surface area contributed by atoms with E-state index in [0.717, 1.165) is 12.6 Å². The first-order chi connectivity index (χ1) is 9.74. The summed E-state index contributed by atoms with van der Waals surface area (Å²) in [7, 11) is 4.42. The molecule has 0 aliphatic carbocycles. The quantitative estimate of drug-likeness (QED) is 0.329. The molecule has 20 heavy (non-hydrogen) atoms. The Morgan fingerprint density at radius 3 is 1.85 bits per heavy atom. The average molecular weight is 284 g/mol. The van der Waals surface area contributed by atoms with Gasteiger partial charge in [0.15, 0.2) is 0 Å². The maximum Gasteiger partial charge on any atom is 0.0824 e. The Kier molecular flexibility index (Phi) is 10.4. The van der Waals surface area contributed by atoms with Gasteiger partial charge in [-0.05, 0) is 26.9 Å². The van der Waals surface area contributed by atoms with Crippen LogP contribution in [0.25, 0.3) is 0 Å². The smallest absolute Gasteiger partial charge is 0.0824 e. The summed E-state index contributed by atoms with van der Waals surface area (Å²) in [6.45, 7) is 3.29. The van der Waals surface area contributed by atoms with E-state index in [2.05, 4.69) is 25.9 Å². The Balaban J connectivity index is 1.85. The molecule has 2 heteroatoms. The first kappa shape index (κ1) is 18.0. The van der Waals surface area contributed by atoms with Crippen LogP contribution in [0.15, 0.2) is 0 Å². The van der Waals surface area contributed by atoms with Gasteiger partial charge in [-0.25, -0.2) is 0 Å². The van der Waals surface area contributed by atoms with Gasteiger partial charge in [-0.3, -0.25) is 0 Å². The monoisotopic (exact) mass is 283 g/mol. The molecule has 0 saturated carbocycles. The zero-order valence-corrected chi connectivity index (χ0v) is 14.2. The second-order valence-electron chi connectivity index (χ2n) is 6.78. The predicted molar refractivity (Wildman–Crippen MR) is 88.3 cm³/mol. The number of ether oxygens (including phenoxy) is 1. The van der Waals surface area contributed by atoms with E-state index in [4.69, 9.17) is 4.74 Å². The molecule has 2 nitrogen and oxygen atoms in total. The fraction of sp³-hybridized carbons (Fsp3) is 1.00. The van der Waals surface area contributed by atoms with E-state index in [1.807, 2.05) is 0 Å². The summed E-state index contributed by atoms with van der Waals surface area (Å²) in [5.41, 5.74) is 0. The Hall–Kier alpha value is -0.0800. The van der Waals surface area contributed by atoms with Gasteiger partial charge in [0.1, 0.15) is 0 Å². The number of rotatable bonds is 14. The van der Waals surface area contributed by atoms with Crippen molar-refractivity contribution in [1.29, 1.82) is 0 Å². The van der Waals surface area contributed by atoms with Crippen LogP contribution in [0.1, 0.15) is 84.0 Å². The van der Waals surface area contributed by atoms with Gasteiger partial charge in [0.05, 0.1) is 12.7 Å². The molecule has 2 unspecified atom stereocenters. The third-order valence-electron chi connectivity index (χ3n) is 4.56. The maximum absolute atomic E-state index is 5.36. The first-order valence-corrected chi connectivity index (χ1v) is 9.02. The second-order valence-corrected chi connectivity index (χ2v) is 6.78. The van der Waals surface area contributed by atoms with Gasteiger partial charge in [0, 0.05) is 6.04 Å². The predicted octanol–water partition coefficient (Wildman–Crippen LogP) is 5.02. The van der Waals surface area contributed by atoms with Crippen LogP contribution >= 0.6 is 0 Å². The van der Waals surface area contributed by atoms with Crippen LogP contribution in [0.5, 0.6) is 0 Å². The standard InChI is InChI=1S/C18H37NO/c1-4-5-6-7-8-9-10-11-12-13-14-17(19(2)3)15-18-16-20-18/h17-18H,4-16H2,1-3H3. The lowest BCUT2D eigenvalue weighted by atomic mass is 10.0. The summed E-state index contributed by atoms with van der Waals surface area (Å²) >= 11 is 0. The molecular formula is C18H37NO. The molecule has 0 radical (unpaired) electrons. The van der Waals surface area contributed by atoms with Crippen LogP contribution in [-0.4, -0.2) is 37.7 Å². The van der Waals surface area contributed by atoms with Crippen molar-refractivity contribution in [3.05, 3.63) is 0 Å². The van der Waals surface area contributed by atoms with Crippen molar-refractivity contribution in [2.24, 2.45) is 0 Å². The molecule has 1 fully saturated rings. The fourth-order valence-corrected chi connectivity index (χ4v) is 2.96. The van der Waals surface area contributed by atoms with Crippen LogP contribution in [0, 0.1) is 0 Å². The number of unbranched alkanes of at least 4 members (excludes halogenated alkanes) is 9. The largest absolute Gasteiger partial charge is 0.373 e. The summed E-state index contributed by atoms with van der Waals surface area (Å²) < 4.78 is 5.36. The van der Waals surface area contributed by atoms with Crippen molar-refractivity contribution in [1.82, 2.24) is 4.90 Å². The summed E-state index contributed by atoms with van der Waals surface area (Å²) in [5.74, 6) is 0. The van der Waals surface area contributed by atoms with E-state index in [0.29, 0.717) is 6.10 Å². The minimum atomic E-state index is 0.575. The lowest BCUT2D eigenvalue weighted by Crippen LogP contribution is -2.29. The molecule has 120 valence electrons. The number of epoxide rings is 1. The van der Waals surface area contributed by atoms with E-state index in [-0.39, 0.29) is 0 Å². The van der Waals surface area contributed by atoms with Crippen LogP contribution < -0.4 is 0 Å². The zero-order chi connectivity index (χ0) is 14.6. The second kappa shape index (κ2) is 11.6. The van der Waals surface area contributed by atoms with Crippen molar-refractivity contribution in [3.63, 3.8) is 0 Å². The van der Waals surface area contributed by atoms with Crippen molar-refractivity contribution in [3.8, 4) is 0 Å². The van der Waals surface area contributed by atoms with Gasteiger partial charge >= 0.3 is 0 Å². The summed E-state index contributed by atoms with van der Waals surface area (Å²) in [6.07, 6.45) is 17.5. The Labute approximate surface area is 127 Å². The van der Waals surface area contributed by atoms with E-state index >= 15 is 0 Å². The van der Waals surface area contributed by atoms with E-state index in [1.165, 1.54) is 77.0 Å². The molecule has 1 saturated heterocycles. The molecule has 0 spiro atoms. The van der Waals surface area contributed by atoms with Crippen LogP contribution in [0.4, 0.5) is 0 Å². The lowest BCUT2D eigenvalue weighted by Gasteiger charge is -2.23. The van der Waals surface area contributed by atoms with Crippen LogP contribution in [0.2, 0.25) is 0 Å². The molecule has 0 amide bonds. The van der Waals surface area contributed by atoms with E-state index in [9.17, 15) is 0 Å². The third-order valence-corrected chi connectivity index (χ3v) is 4.56. The third kappa shape index (κ3) is 9.77. The average Bonchev–Trinajstić information content (AvgIpc) is 3.23. The normalized spacial score (nSPS) is 19.5. The van der Waals surface area contributed by atoms with Gasteiger partial charge in [-0.2, -0.15) is 0 Å². The highest BCUT2D eigenvalue weighted by atomic mass is 16.6. The fourth-order valence-electron chi connectivity index (χ4n) is 2.96. The van der Waals surface area contributed by atoms with Crippen LogP contribution in [0.3, 0.4) is 0 Å². The molecule has 1 heterocycles. The highest BCUT2D eigenvalue weighted by molar-refractivity contribution is 4.78. The van der Waals surface area contributed by atoms with Gasteiger partial charge in [0.25, 0.3) is 0 Å². The lowest BCUT2D eigenvalue weighted by molar-refractivity contribution is 0.235. The summed E-state index contributed by atoms with van der Waals surface area (Å²) in [6, 6.07) is 0.733. The highest BCUT2D eigenvalue weighted by Crippen LogP contribution is 2.21. The van der Waals surface area contributed by atoms with Crippen molar-refractivity contribution in [2.45, 2.75) is 96.1 Å². The van der Waals surface area contributed by atoms with E-state index in [1.54, 1.807) is 0 Å². The number of hydrogen-bond donors (Lipinski definition) is 0. The first-order valence-electron chi connectivity index (χ1n) is 9.02. The minimum Gasteiger partial charge on any atom is -0.373 e. The number of nitrogens with zero attached hydrogens (tertiary/aromatic N) is 1. The van der Waals surface area contributed by atoms with Gasteiger partial charge < -0.3 is 9.64 Å². The van der Waals surface area contributed by atoms with Crippen molar-refractivity contribution < 1.29 is 4.74 Å². The molecule has 2 atom stereocenters. The topological polar surface area (TPSA) is 15.8 Å². The zero-order valence-electron chi connectivity index (χ0n) is 14.2. The molecule has 0 bridgehead atoms. The maximum atomic E-state index is 5.36. The number of hydrogen-bond acceptors (Lipinski definition) is 2.